The number of nitrogens with two attached hydrogens (primary N) is 1. The Morgan fingerprint density at radius 1 is 1.12 bits per heavy atom. The molecule has 1 saturated carbocycles. The number of piperidine rings is 1. The van der Waals surface area contributed by atoms with Crippen molar-refractivity contribution in [2.45, 2.75) is 51.1 Å². The van der Waals surface area contributed by atoms with E-state index in [9.17, 15) is 18.0 Å². The molecule has 3 N–H and O–H groups in total. The summed E-state index contributed by atoms with van der Waals surface area (Å²) in [6.45, 7) is 10.1. The van der Waals surface area contributed by atoms with Crippen molar-refractivity contribution in [3.05, 3.63) is 47.5 Å². The van der Waals surface area contributed by atoms with Gasteiger partial charge in [0.1, 0.15) is 11.3 Å². The van der Waals surface area contributed by atoms with Crippen molar-refractivity contribution in [3.8, 4) is 16.9 Å². The van der Waals surface area contributed by atoms with Crippen molar-refractivity contribution in [3.63, 3.8) is 0 Å². The molecule has 278 valence electrons. The van der Waals surface area contributed by atoms with E-state index in [2.05, 4.69) is 27.3 Å². The van der Waals surface area contributed by atoms with Gasteiger partial charge in [-0.05, 0) is 79.8 Å². The Labute approximate surface area is 302 Å². The van der Waals surface area contributed by atoms with E-state index >= 15 is 0 Å². The molecule has 3 saturated heterocycles. The van der Waals surface area contributed by atoms with Gasteiger partial charge in [0.2, 0.25) is 11.9 Å². The first kappa shape index (κ1) is 36.0. The van der Waals surface area contributed by atoms with E-state index in [0.717, 1.165) is 56.3 Å². The normalized spacial score (nSPS) is 19.2. The van der Waals surface area contributed by atoms with Crippen LogP contribution in [0, 0.1) is 17.7 Å². The molecule has 1 aromatic heterocycles. The molecular formula is C38H47F3N8O3. The molecule has 1 amide bonds. The summed E-state index contributed by atoms with van der Waals surface area (Å²) in [7, 11) is 1.67. The molecule has 0 bridgehead atoms. The average molecular weight is 721 g/mol. The van der Waals surface area contributed by atoms with Crippen LogP contribution in [0.25, 0.3) is 22.0 Å². The summed E-state index contributed by atoms with van der Waals surface area (Å²) in [6, 6.07) is 5.60. The zero-order valence-electron chi connectivity index (χ0n) is 29.9. The monoisotopic (exact) mass is 720 g/mol. The zero-order valence-corrected chi connectivity index (χ0v) is 29.9. The molecule has 4 fully saturated rings. The van der Waals surface area contributed by atoms with Gasteiger partial charge in [-0.2, -0.15) is 18.2 Å². The van der Waals surface area contributed by atoms with Gasteiger partial charge in [-0.1, -0.05) is 12.6 Å². The molecule has 14 heteroatoms. The zero-order chi connectivity index (χ0) is 36.8. The highest BCUT2D eigenvalue weighted by Crippen LogP contribution is 2.53. The molecule has 3 aromatic rings. The number of methoxy groups -OCH3 is 1. The summed E-state index contributed by atoms with van der Waals surface area (Å²) >= 11 is 0. The minimum absolute atomic E-state index is 0.0246. The van der Waals surface area contributed by atoms with Crippen LogP contribution in [0.4, 0.5) is 30.6 Å². The van der Waals surface area contributed by atoms with E-state index in [4.69, 9.17) is 30.6 Å². The summed E-state index contributed by atoms with van der Waals surface area (Å²) in [5, 5.41) is 8.94. The molecule has 52 heavy (non-hydrogen) atoms. The fraction of sp³-hybridized carbons (Fsp3) is 0.526. The number of benzene rings is 2. The summed E-state index contributed by atoms with van der Waals surface area (Å²) in [5.41, 5.74) is 10.3. The third-order valence-corrected chi connectivity index (χ3v) is 11.1. The quantitative estimate of drug-likeness (QED) is 0.145. The van der Waals surface area contributed by atoms with Gasteiger partial charge in [-0.3, -0.25) is 9.69 Å². The number of aromatic nitrogens is 2. The Balaban J connectivity index is 1.41. The number of likely N-dealkylation sites (tertiary alicyclic amines) is 1. The first-order chi connectivity index (χ1) is 24.9. The van der Waals surface area contributed by atoms with Gasteiger partial charge in [0.15, 0.2) is 12.4 Å². The number of fused-ring (bicyclic) bond motifs is 1. The Morgan fingerprint density at radius 2 is 1.87 bits per heavy atom. The van der Waals surface area contributed by atoms with E-state index in [0.29, 0.717) is 91.0 Å². The Morgan fingerprint density at radius 3 is 2.52 bits per heavy atom. The van der Waals surface area contributed by atoms with Crippen LogP contribution >= 0.6 is 0 Å². The van der Waals surface area contributed by atoms with Crippen LogP contribution in [0.5, 0.6) is 5.75 Å². The molecule has 2 aromatic carbocycles. The number of carbonyl (C=O) groups is 1. The SMILES string of the molecule is C=CC(=O)N1CC2(CCN(c3nc(N4CCCN(CCOC)C4)nc4c(OCC(F)(F)F)c(-c5c(C)ccc(N)c5C=N)c(C5CC5)cc34)CC2)C1. The lowest BCUT2D eigenvalue weighted by Gasteiger charge is -2.54. The molecule has 0 unspecified atom stereocenters. The topological polar surface area (TPSA) is 124 Å². The second-order valence-corrected chi connectivity index (χ2v) is 14.8. The van der Waals surface area contributed by atoms with Gasteiger partial charge in [0, 0.05) is 86.8 Å². The van der Waals surface area contributed by atoms with E-state index < -0.39 is 12.8 Å². The number of carbonyl (C=O) groups excluding carboxylic acids is 1. The second kappa shape index (κ2) is 14.2. The summed E-state index contributed by atoms with van der Waals surface area (Å²) in [4.78, 5) is 30.9. The molecule has 0 atom stereocenters. The number of amides is 1. The lowest BCUT2D eigenvalue weighted by Crippen LogP contribution is -2.61. The van der Waals surface area contributed by atoms with Crippen molar-refractivity contribution in [1.82, 2.24) is 19.8 Å². The largest absolute Gasteiger partial charge is 0.481 e. The van der Waals surface area contributed by atoms with E-state index in [1.54, 1.807) is 13.2 Å². The molecule has 3 aliphatic heterocycles. The smallest absolute Gasteiger partial charge is 0.422 e. The average Bonchev–Trinajstić information content (AvgIpc) is 3.97. The van der Waals surface area contributed by atoms with Crippen molar-refractivity contribution in [2.75, 3.05) is 88.3 Å². The Bertz CT molecular complexity index is 1860. The van der Waals surface area contributed by atoms with Crippen molar-refractivity contribution in [1.29, 1.82) is 5.41 Å². The third-order valence-electron chi connectivity index (χ3n) is 11.1. The van der Waals surface area contributed by atoms with Crippen LogP contribution in [0.2, 0.25) is 0 Å². The minimum atomic E-state index is -4.60. The minimum Gasteiger partial charge on any atom is -0.481 e. The fourth-order valence-corrected chi connectivity index (χ4v) is 8.10. The molecule has 1 aliphatic carbocycles. The second-order valence-electron chi connectivity index (χ2n) is 14.8. The summed E-state index contributed by atoms with van der Waals surface area (Å²) in [6.07, 6.45) is 2.23. The number of nitrogens with one attached hydrogen (secondary N) is 1. The first-order valence-electron chi connectivity index (χ1n) is 18.0. The molecule has 4 heterocycles. The van der Waals surface area contributed by atoms with Crippen LogP contribution in [0.3, 0.4) is 0 Å². The number of nitrogen functional groups attached to an aromatic ring is 1. The maximum absolute atomic E-state index is 14.1. The maximum atomic E-state index is 14.1. The van der Waals surface area contributed by atoms with Gasteiger partial charge < -0.3 is 35.3 Å². The van der Waals surface area contributed by atoms with Crippen molar-refractivity contribution in [2.24, 2.45) is 5.41 Å². The van der Waals surface area contributed by atoms with Crippen LogP contribution in [0.15, 0.2) is 30.9 Å². The predicted molar refractivity (Wildman–Crippen MR) is 196 cm³/mol. The number of nitrogens with zero attached hydrogens (tertiary/aromatic N) is 6. The van der Waals surface area contributed by atoms with Gasteiger partial charge in [-0.15, -0.1) is 0 Å². The highest BCUT2D eigenvalue weighted by atomic mass is 19.4. The highest BCUT2D eigenvalue weighted by molar-refractivity contribution is 6.05. The standard InChI is InChI=1S/C38H47F3N8O3/c1-4-30(50)49-20-37(21-49)10-14-47(15-11-37)35-27-18-26(25-7-8-25)32(31-24(2)6-9-29(43)28(31)19-42)34(52-22-38(39,40)41)33(27)44-36(45-35)48-13-5-12-46(23-48)16-17-51-3/h4,6,9,18-19,25,42H,1,5,7-8,10-17,20-23,43H2,2-3H3. The van der Waals surface area contributed by atoms with E-state index in [-0.39, 0.29) is 23.0 Å². The number of aryl methyl sites for hydroxylation is 1. The fourth-order valence-electron chi connectivity index (χ4n) is 8.10. The van der Waals surface area contributed by atoms with Gasteiger partial charge >= 0.3 is 6.18 Å². The van der Waals surface area contributed by atoms with E-state index in [1.807, 2.05) is 17.9 Å². The van der Waals surface area contributed by atoms with Gasteiger partial charge in [0.25, 0.3) is 0 Å². The molecule has 7 rings (SSSR count). The number of ether oxygens (including phenoxy) is 2. The number of hydrogen-bond donors (Lipinski definition) is 2. The van der Waals surface area contributed by atoms with Crippen LogP contribution in [0.1, 0.15) is 54.7 Å². The van der Waals surface area contributed by atoms with Crippen LogP contribution in [-0.4, -0.2) is 111 Å². The lowest BCUT2D eigenvalue weighted by molar-refractivity contribution is -0.153. The number of alkyl halides is 3. The number of rotatable bonds is 11. The predicted octanol–water partition coefficient (Wildman–Crippen LogP) is 5.73. The Hall–Kier alpha value is -4.43. The maximum Gasteiger partial charge on any atom is 0.422 e. The molecule has 0 radical (unpaired) electrons. The van der Waals surface area contributed by atoms with Crippen LogP contribution < -0.4 is 20.3 Å². The van der Waals surface area contributed by atoms with Crippen LogP contribution in [-0.2, 0) is 9.53 Å². The number of anilines is 3. The molecule has 1 spiro atoms. The van der Waals surface area contributed by atoms with Crippen molar-refractivity contribution < 1.29 is 27.4 Å². The molecule has 11 nitrogen and oxygen atoms in total. The third kappa shape index (κ3) is 7.02. The number of halogens is 3. The summed E-state index contributed by atoms with van der Waals surface area (Å²) < 4.78 is 53.4. The molecule has 4 aliphatic rings. The highest BCUT2D eigenvalue weighted by Gasteiger charge is 2.47. The van der Waals surface area contributed by atoms with Gasteiger partial charge in [0.05, 0.1) is 13.3 Å². The van der Waals surface area contributed by atoms with E-state index in [1.165, 1.54) is 12.3 Å². The Kier molecular flexibility index (Phi) is 9.81. The summed E-state index contributed by atoms with van der Waals surface area (Å²) in [5.74, 6) is 1.18. The number of hydrogen-bond acceptors (Lipinski definition) is 10. The van der Waals surface area contributed by atoms with Gasteiger partial charge in [-0.25, -0.2) is 4.98 Å². The molecular weight excluding hydrogens is 673 g/mol. The lowest BCUT2D eigenvalue weighted by atomic mass is 9.72. The van der Waals surface area contributed by atoms with Crippen molar-refractivity contribution >= 4 is 40.5 Å². The first-order valence-corrected chi connectivity index (χ1v) is 18.0.